The maximum Gasteiger partial charge on any atom is 0.187 e. The molecule has 61 heavy (non-hydrogen) atoms. The highest BCUT2D eigenvalue weighted by Gasteiger charge is 2.55. The molecule has 0 spiro atoms. The van der Waals surface area contributed by atoms with Crippen LogP contribution in [0.5, 0.6) is 0 Å². The van der Waals surface area contributed by atoms with Gasteiger partial charge < -0.3 is 47.4 Å². The first-order valence-electron chi connectivity index (χ1n) is 20.6. The van der Waals surface area contributed by atoms with Crippen LogP contribution in [0.25, 0.3) is 10.4 Å². The lowest BCUT2D eigenvalue weighted by molar-refractivity contribution is -0.390. The van der Waals surface area contributed by atoms with E-state index in [0.717, 1.165) is 27.8 Å². The largest absolute Gasteiger partial charge is 0.374 e. The third kappa shape index (κ3) is 11.1. The number of benzene rings is 5. The first kappa shape index (κ1) is 42.7. The van der Waals surface area contributed by atoms with Gasteiger partial charge in [0.15, 0.2) is 18.9 Å². The Kier molecular flexibility index (Phi) is 15.2. The standard InChI is InChI=1S/C48H51N3O10/c1-52-47-40(50-51-49)43(54-28-34-19-9-3-10-20-34)41(38(58-47)31-53-27-33-17-7-2-8-18-33)61-48-45(56-30-36-23-13-5-14-24-36)44(55-29-35-21-11-4-12-22-35)42-39(59-48)32-57-46(60-42)37-25-15-6-16-26-37/h2-26,38-48H,27-32H2,1H3/t38-,39-,40-,41-,42-,43-,44+,45+,46?,47+,48+/m1/s1. The fourth-order valence-corrected chi connectivity index (χ4v) is 7.88. The van der Waals surface area contributed by atoms with Crippen LogP contribution in [0.3, 0.4) is 0 Å². The summed E-state index contributed by atoms with van der Waals surface area (Å²) in [7, 11) is 1.50. The minimum Gasteiger partial charge on any atom is -0.374 e. The van der Waals surface area contributed by atoms with Crippen LogP contribution >= 0.6 is 0 Å². The molecule has 0 saturated carbocycles. The zero-order valence-corrected chi connectivity index (χ0v) is 34.0. The Morgan fingerprint density at radius 3 is 1.62 bits per heavy atom. The summed E-state index contributed by atoms with van der Waals surface area (Å²) in [6.45, 7) is 1.27. The second kappa shape index (κ2) is 21.7. The van der Waals surface area contributed by atoms with Crippen LogP contribution in [0.2, 0.25) is 0 Å². The second-order valence-corrected chi connectivity index (χ2v) is 15.1. The molecular formula is C48H51N3O10. The molecular weight excluding hydrogens is 779 g/mol. The lowest BCUT2D eigenvalue weighted by atomic mass is 9.94. The minimum absolute atomic E-state index is 0.0842. The van der Waals surface area contributed by atoms with E-state index in [1.807, 2.05) is 152 Å². The smallest absolute Gasteiger partial charge is 0.187 e. The van der Waals surface area contributed by atoms with Crippen LogP contribution in [0.4, 0.5) is 0 Å². The Morgan fingerprint density at radius 1 is 0.574 bits per heavy atom. The van der Waals surface area contributed by atoms with Crippen molar-refractivity contribution in [3.8, 4) is 0 Å². The molecule has 0 aromatic heterocycles. The van der Waals surface area contributed by atoms with E-state index >= 15 is 0 Å². The van der Waals surface area contributed by atoms with Gasteiger partial charge in [-0.2, -0.15) is 0 Å². The number of nitrogens with zero attached hydrogens (tertiary/aromatic N) is 3. The quantitative estimate of drug-likeness (QED) is 0.0482. The Hall–Kier alpha value is -4.99. The lowest BCUT2D eigenvalue weighted by Gasteiger charge is -2.51. The maximum absolute atomic E-state index is 9.85. The van der Waals surface area contributed by atoms with Gasteiger partial charge in [0.1, 0.15) is 48.8 Å². The summed E-state index contributed by atoms with van der Waals surface area (Å²) in [5.74, 6) is 0. The van der Waals surface area contributed by atoms with Crippen molar-refractivity contribution in [2.75, 3.05) is 20.3 Å². The van der Waals surface area contributed by atoms with Gasteiger partial charge in [-0.15, -0.1) is 0 Å². The fourth-order valence-electron chi connectivity index (χ4n) is 7.88. The Morgan fingerprint density at radius 2 is 1.08 bits per heavy atom. The summed E-state index contributed by atoms with van der Waals surface area (Å²) in [5.41, 5.74) is 14.6. The Bertz CT molecular complexity index is 2080. The molecule has 0 N–H and O–H groups in total. The molecule has 3 aliphatic heterocycles. The van der Waals surface area contributed by atoms with Gasteiger partial charge in [0.2, 0.25) is 0 Å². The van der Waals surface area contributed by atoms with Crippen molar-refractivity contribution in [2.45, 2.75) is 94.1 Å². The van der Waals surface area contributed by atoms with Crippen molar-refractivity contribution >= 4 is 0 Å². The van der Waals surface area contributed by atoms with E-state index in [9.17, 15) is 5.53 Å². The van der Waals surface area contributed by atoms with Crippen LogP contribution in [0, 0.1) is 0 Å². The van der Waals surface area contributed by atoms with Crippen LogP contribution in [-0.4, -0.2) is 81.7 Å². The van der Waals surface area contributed by atoms with Crippen molar-refractivity contribution in [3.63, 3.8) is 0 Å². The highest BCUT2D eigenvalue weighted by Crippen LogP contribution is 2.40. The predicted octanol–water partition coefficient (Wildman–Crippen LogP) is 8.23. The van der Waals surface area contributed by atoms with Gasteiger partial charge in [-0.1, -0.05) is 157 Å². The van der Waals surface area contributed by atoms with Crippen LogP contribution < -0.4 is 0 Å². The lowest BCUT2D eigenvalue weighted by Crippen LogP contribution is -2.66. The van der Waals surface area contributed by atoms with Crippen LogP contribution in [-0.2, 0) is 73.8 Å². The fraction of sp³-hybridized carbons (Fsp3) is 0.375. The number of azide groups is 1. The Labute approximate surface area is 355 Å². The molecule has 3 saturated heterocycles. The molecule has 0 amide bonds. The first-order chi connectivity index (χ1) is 30.2. The van der Waals surface area contributed by atoms with Crippen molar-refractivity contribution in [1.82, 2.24) is 0 Å². The number of fused-ring (bicyclic) bond motifs is 1. The molecule has 318 valence electrons. The highest BCUT2D eigenvalue weighted by atomic mass is 16.8. The number of rotatable bonds is 18. The summed E-state index contributed by atoms with van der Waals surface area (Å²) >= 11 is 0. The summed E-state index contributed by atoms with van der Waals surface area (Å²) in [6.07, 6.45) is -8.10. The van der Waals surface area contributed by atoms with Gasteiger partial charge in [0.05, 0.1) is 39.6 Å². The molecule has 13 nitrogen and oxygen atoms in total. The van der Waals surface area contributed by atoms with E-state index in [4.69, 9.17) is 47.4 Å². The molecule has 11 atom stereocenters. The zero-order chi connectivity index (χ0) is 41.6. The molecule has 5 aromatic rings. The zero-order valence-electron chi connectivity index (χ0n) is 34.0. The SMILES string of the molecule is CO[C@H]1O[C@H](COCc2ccccc2)[C@@H](O[C@@H]2O[C@@H]3COC(c4ccccc4)O[C@H]3[C@H](OCc3ccccc3)[C@@H]2OCc2ccccc2)[C@H](OCc2ccccc2)[C@H]1N=[N+]=[N-]. The van der Waals surface area contributed by atoms with E-state index in [1.54, 1.807) is 0 Å². The third-order valence-corrected chi connectivity index (χ3v) is 10.9. The van der Waals surface area contributed by atoms with Crippen molar-refractivity contribution in [3.05, 3.63) is 190 Å². The van der Waals surface area contributed by atoms with Crippen LogP contribution in [0.1, 0.15) is 34.1 Å². The molecule has 1 unspecified atom stereocenters. The number of methoxy groups -OCH3 is 1. The molecule has 3 fully saturated rings. The van der Waals surface area contributed by atoms with Crippen LogP contribution in [0.15, 0.2) is 157 Å². The summed E-state index contributed by atoms with van der Waals surface area (Å²) in [5, 5.41) is 4.16. The summed E-state index contributed by atoms with van der Waals surface area (Å²) in [6, 6.07) is 48.3. The third-order valence-electron chi connectivity index (χ3n) is 10.9. The van der Waals surface area contributed by atoms with E-state index in [1.165, 1.54) is 7.11 Å². The minimum atomic E-state index is -1.08. The molecule has 5 aromatic carbocycles. The van der Waals surface area contributed by atoms with Gasteiger partial charge in [-0.25, -0.2) is 0 Å². The van der Waals surface area contributed by atoms with E-state index < -0.39 is 67.6 Å². The second-order valence-electron chi connectivity index (χ2n) is 15.1. The topological polar surface area (TPSA) is 141 Å². The normalized spacial score (nSPS) is 28.6. The maximum atomic E-state index is 9.85. The van der Waals surface area contributed by atoms with E-state index in [2.05, 4.69) is 10.0 Å². The number of hydrogen-bond acceptors (Lipinski definition) is 11. The number of hydrogen-bond donors (Lipinski definition) is 0. The van der Waals surface area contributed by atoms with Crippen molar-refractivity contribution in [2.24, 2.45) is 5.11 Å². The molecule has 0 radical (unpaired) electrons. The average molecular weight is 830 g/mol. The van der Waals surface area contributed by atoms with Crippen molar-refractivity contribution < 1.29 is 47.4 Å². The molecule has 3 heterocycles. The summed E-state index contributed by atoms with van der Waals surface area (Å²) < 4.78 is 66.2. The van der Waals surface area contributed by atoms with Gasteiger partial charge >= 0.3 is 0 Å². The van der Waals surface area contributed by atoms with Gasteiger partial charge in [0.25, 0.3) is 0 Å². The van der Waals surface area contributed by atoms with Crippen molar-refractivity contribution in [1.29, 1.82) is 0 Å². The van der Waals surface area contributed by atoms with Gasteiger partial charge in [-0.05, 0) is 27.8 Å². The Balaban J connectivity index is 1.15. The predicted molar refractivity (Wildman–Crippen MR) is 223 cm³/mol. The number of ether oxygens (including phenoxy) is 10. The average Bonchev–Trinajstić information content (AvgIpc) is 3.32. The first-order valence-corrected chi connectivity index (χ1v) is 20.6. The molecule has 3 aliphatic rings. The van der Waals surface area contributed by atoms with Gasteiger partial charge in [-0.3, -0.25) is 0 Å². The molecule has 0 bridgehead atoms. The molecule has 13 heteroatoms. The van der Waals surface area contributed by atoms with E-state index in [0.29, 0.717) is 6.61 Å². The molecule has 0 aliphatic carbocycles. The van der Waals surface area contributed by atoms with E-state index in [-0.39, 0.29) is 33.0 Å². The monoisotopic (exact) mass is 829 g/mol. The molecule has 8 rings (SSSR count). The summed E-state index contributed by atoms with van der Waals surface area (Å²) in [4.78, 5) is 3.19. The highest BCUT2D eigenvalue weighted by molar-refractivity contribution is 5.19. The van der Waals surface area contributed by atoms with Gasteiger partial charge in [0, 0.05) is 17.6 Å².